The van der Waals surface area contributed by atoms with Gasteiger partial charge in [0, 0.05) is 6.54 Å². The molecule has 0 radical (unpaired) electrons. The summed E-state index contributed by atoms with van der Waals surface area (Å²) < 4.78 is 0. The van der Waals surface area contributed by atoms with Gasteiger partial charge in [0.25, 0.3) is 0 Å². The molecular formula is C9H14N2. The Balaban J connectivity index is 2.62. The SMILES string of the molecule is Cc1ccccc1CCNN. The minimum absolute atomic E-state index is 0.838. The topological polar surface area (TPSA) is 38.0 Å². The van der Waals surface area contributed by atoms with Crippen LogP contribution >= 0.6 is 0 Å². The lowest BCUT2D eigenvalue weighted by atomic mass is 10.1. The van der Waals surface area contributed by atoms with E-state index < -0.39 is 0 Å². The lowest BCUT2D eigenvalue weighted by Crippen LogP contribution is -2.24. The predicted molar refractivity (Wildman–Crippen MR) is 47.1 cm³/mol. The van der Waals surface area contributed by atoms with Crippen LogP contribution in [0.1, 0.15) is 11.1 Å². The summed E-state index contributed by atoms with van der Waals surface area (Å²) in [5, 5.41) is 0. The number of nitrogens with two attached hydrogens (primary N) is 1. The van der Waals surface area contributed by atoms with Crippen LogP contribution in [0.4, 0.5) is 0 Å². The summed E-state index contributed by atoms with van der Waals surface area (Å²) in [6.45, 7) is 2.96. The summed E-state index contributed by atoms with van der Waals surface area (Å²) in [5.74, 6) is 5.18. The largest absolute Gasteiger partial charge is 0.271 e. The summed E-state index contributed by atoms with van der Waals surface area (Å²) in [6.07, 6.45) is 1.00. The van der Waals surface area contributed by atoms with Gasteiger partial charge in [-0.15, -0.1) is 0 Å². The maximum absolute atomic E-state index is 5.18. The van der Waals surface area contributed by atoms with Crippen molar-refractivity contribution in [1.82, 2.24) is 5.43 Å². The number of rotatable bonds is 3. The second kappa shape index (κ2) is 4.11. The molecule has 0 fully saturated rings. The highest BCUT2D eigenvalue weighted by Crippen LogP contribution is 2.06. The van der Waals surface area contributed by atoms with Crippen molar-refractivity contribution in [3.05, 3.63) is 35.4 Å². The van der Waals surface area contributed by atoms with E-state index in [9.17, 15) is 0 Å². The molecule has 0 unspecified atom stereocenters. The first-order chi connectivity index (χ1) is 5.34. The zero-order valence-electron chi connectivity index (χ0n) is 6.80. The highest BCUT2D eigenvalue weighted by Gasteiger charge is 1.93. The third-order valence-corrected chi connectivity index (χ3v) is 1.80. The monoisotopic (exact) mass is 150 g/mol. The van der Waals surface area contributed by atoms with Crippen molar-refractivity contribution in [2.75, 3.05) is 6.54 Å². The first-order valence-corrected chi connectivity index (χ1v) is 3.82. The quantitative estimate of drug-likeness (QED) is 0.498. The van der Waals surface area contributed by atoms with E-state index in [-0.39, 0.29) is 0 Å². The van der Waals surface area contributed by atoms with Crippen molar-refractivity contribution in [2.24, 2.45) is 5.84 Å². The Labute approximate surface area is 67.4 Å². The molecule has 1 aromatic carbocycles. The van der Waals surface area contributed by atoms with Gasteiger partial charge < -0.3 is 0 Å². The average molecular weight is 150 g/mol. The molecule has 60 valence electrons. The van der Waals surface area contributed by atoms with Crippen molar-refractivity contribution in [2.45, 2.75) is 13.3 Å². The van der Waals surface area contributed by atoms with Gasteiger partial charge in [-0.25, -0.2) is 0 Å². The molecule has 0 bridgehead atoms. The van der Waals surface area contributed by atoms with Gasteiger partial charge >= 0.3 is 0 Å². The molecular weight excluding hydrogens is 136 g/mol. The van der Waals surface area contributed by atoms with E-state index >= 15 is 0 Å². The standard InChI is InChI=1S/C9H14N2/c1-8-4-2-3-5-9(8)6-7-11-10/h2-5,11H,6-7,10H2,1H3. The zero-order valence-corrected chi connectivity index (χ0v) is 6.80. The summed E-state index contributed by atoms with van der Waals surface area (Å²) in [5.41, 5.74) is 5.35. The van der Waals surface area contributed by atoms with Crippen molar-refractivity contribution in [3.63, 3.8) is 0 Å². The Bertz CT molecular complexity index is 221. The minimum atomic E-state index is 0.838. The molecule has 0 saturated heterocycles. The van der Waals surface area contributed by atoms with Gasteiger partial charge in [-0.1, -0.05) is 24.3 Å². The van der Waals surface area contributed by atoms with Crippen LogP contribution in [0.2, 0.25) is 0 Å². The third kappa shape index (κ3) is 2.33. The van der Waals surface area contributed by atoms with Crippen LogP contribution in [0.3, 0.4) is 0 Å². The fourth-order valence-electron chi connectivity index (χ4n) is 1.10. The molecule has 1 aromatic rings. The van der Waals surface area contributed by atoms with Crippen molar-refractivity contribution >= 4 is 0 Å². The van der Waals surface area contributed by atoms with Gasteiger partial charge in [0.05, 0.1) is 0 Å². The van der Waals surface area contributed by atoms with Gasteiger partial charge in [-0.3, -0.25) is 11.3 Å². The fraction of sp³-hybridized carbons (Fsp3) is 0.333. The minimum Gasteiger partial charge on any atom is -0.271 e. The molecule has 0 saturated carbocycles. The molecule has 0 aliphatic rings. The Hall–Kier alpha value is -0.860. The molecule has 0 amide bonds. The second-order valence-corrected chi connectivity index (χ2v) is 2.63. The molecule has 0 aliphatic heterocycles. The summed E-state index contributed by atoms with van der Waals surface area (Å²) >= 11 is 0. The second-order valence-electron chi connectivity index (χ2n) is 2.63. The fourth-order valence-corrected chi connectivity index (χ4v) is 1.10. The van der Waals surface area contributed by atoms with Crippen LogP contribution < -0.4 is 11.3 Å². The van der Waals surface area contributed by atoms with Crippen molar-refractivity contribution < 1.29 is 0 Å². The smallest absolute Gasteiger partial charge is 0.0138 e. The predicted octanol–water partition coefficient (Wildman–Crippen LogP) is 1.00. The molecule has 0 heterocycles. The first-order valence-electron chi connectivity index (χ1n) is 3.82. The normalized spacial score (nSPS) is 10.0. The van der Waals surface area contributed by atoms with Crippen LogP contribution in [-0.2, 0) is 6.42 Å². The molecule has 0 aliphatic carbocycles. The van der Waals surface area contributed by atoms with Gasteiger partial charge in [-0.05, 0) is 24.5 Å². The highest BCUT2D eigenvalue weighted by atomic mass is 15.2. The number of hydrazine groups is 1. The number of benzene rings is 1. The Kier molecular flexibility index (Phi) is 3.08. The van der Waals surface area contributed by atoms with Crippen LogP contribution in [0, 0.1) is 6.92 Å². The molecule has 3 N–H and O–H groups in total. The third-order valence-electron chi connectivity index (χ3n) is 1.80. The van der Waals surface area contributed by atoms with E-state index in [1.165, 1.54) is 11.1 Å². The maximum atomic E-state index is 5.18. The molecule has 11 heavy (non-hydrogen) atoms. The van der Waals surface area contributed by atoms with Crippen molar-refractivity contribution in [3.8, 4) is 0 Å². The van der Waals surface area contributed by atoms with Gasteiger partial charge in [-0.2, -0.15) is 0 Å². The first kappa shape index (κ1) is 8.24. The Morgan fingerprint density at radius 2 is 2.09 bits per heavy atom. The number of nitrogens with one attached hydrogen (secondary N) is 1. The van der Waals surface area contributed by atoms with Gasteiger partial charge in [0.15, 0.2) is 0 Å². The van der Waals surface area contributed by atoms with Gasteiger partial charge in [0.1, 0.15) is 0 Å². The van der Waals surface area contributed by atoms with Crippen LogP contribution in [0.5, 0.6) is 0 Å². The van der Waals surface area contributed by atoms with E-state index in [0.29, 0.717) is 0 Å². The van der Waals surface area contributed by atoms with E-state index in [2.05, 4.69) is 36.6 Å². The molecule has 0 atom stereocenters. The summed E-state index contributed by atoms with van der Waals surface area (Å²) in [6, 6.07) is 8.35. The zero-order chi connectivity index (χ0) is 8.10. The Morgan fingerprint density at radius 1 is 1.36 bits per heavy atom. The summed E-state index contributed by atoms with van der Waals surface area (Å²) in [7, 11) is 0. The number of hydrogen-bond donors (Lipinski definition) is 2. The van der Waals surface area contributed by atoms with Crippen LogP contribution in [0.15, 0.2) is 24.3 Å². The van der Waals surface area contributed by atoms with Crippen molar-refractivity contribution in [1.29, 1.82) is 0 Å². The molecule has 0 spiro atoms. The number of aryl methyl sites for hydroxylation is 1. The Morgan fingerprint density at radius 3 is 2.73 bits per heavy atom. The molecule has 2 heteroatoms. The lowest BCUT2D eigenvalue weighted by Gasteiger charge is -2.03. The van der Waals surface area contributed by atoms with Crippen LogP contribution in [-0.4, -0.2) is 6.54 Å². The van der Waals surface area contributed by atoms with Crippen LogP contribution in [0.25, 0.3) is 0 Å². The average Bonchev–Trinajstić information content (AvgIpc) is 2.03. The number of hydrogen-bond acceptors (Lipinski definition) is 2. The van der Waals surface area contributed by atoms with E-state index in [1.54, 1.807) is 0 Å². The van der Waals surface area contributed by atoms with Gasteiger partial charge in [0.2, 0.25) is 0 Å². The van der Waals surface area contributed by atoms with E-state index in [4.69, 9.17) is 5.84 Å². The van der Waals surface area contributed by atoms with E-state index in [1.807, 2.05) is 0 Å². The molecule has 1 rings (SSSR count). The maximum Gasteiger partial charge on any atom is 0.0138 e. The molecule has 0 aromatic heterocycles. The molecule has 2 nitrogen and oxygen atoms in total. The summed E-state index contributed by atoms with van der Waals surface area (Å²) in [4.78, 5) is 0. The highest BCUT2D eigenvalue weighted by molar-refractivity contribution is 5.25. The van der Waals surface area contributed by atoms with E-state index in [0.717, 1.165) is 13.0 Å². The lowest BCUT2D eigenvalue weighted by molar-refractivity contribution is 0.726.